The first kappa shape index (κ1) is 14.8. The molecule has 0 aliphatic rings. The van der Waals surface area contributed by atoms with E-state index in [1.165, 1.54) is 0 Å². The Morgan fingerprint density at radius 3 is 2.85 bits per heavy atom. The molecule has 2 rings (SSSR count). The SMILES string of the molecule is CC(C)CNC(=O)C(C)Nc1nc2ccc(Br)cn2n1. The van der Waals surface area contributed by atoms with E-state index in [1.54, 1.807) is 11.4 Å². The molecule has 0 bridgehead atoms. The molecular formula is C13H18BrN5O. The lowest BCUT2D eigenvalue weighted by Crippen LogP contribution is -2.39. The first-order chi connectivity index (χ1) is 9.45. The van der Waals surface area contributed by atoms with Gasteiger partial charge in [-0.1, -0.05) is 13.8 Å². The van der Waals surface area contributed by atoms with E-state index < -0.39 is 0 Å². The maximum Gasteiger partial charge on any atom is 0.243 e. The first-order valence-electron chi connectivity index (χ1n) is 6.52. The van der Waals surface area contributed by atoms with Crippen LogP contribution in [0.4, 0.5) is 5.95 Å². The number of aromatic nitrogens is 3. The summed E-state index contributed by atoms with van der Waals surface area (Å²) < 4.78 is 2.58. The van der Waals surface area contributed by atoms with E-state index in [4.69, 9.17) is 0 Å². The van der Waals surface area contributed by atoms with Crippen LogP contribution in [0.25, 0.3) is 5.65 Å². The Balaban J connectivity index is 2.02. The van der Waals surface area contributed by atoms with Gasteiger partial charge >= 0.3 is 0 Å². The quantitative estimate of drug-likeness (QED) is 0.874. The van der Waals surface area contributed by atoms with Crippen LogP contribution in [-0.4, -0.2) is 33.1 Å². The van der Waals surface area contributed by atoms with Gasteiger partial charge in [-0.3, -0.25) is 4.79 Å². The number of anilines is 1. The third-order valence-electron chi connectivity index (χ3n) is 2.72. The van der Waals surface area contributed by atoms with Crippen molar-refractivity contribution in [2.45, 2.75) is 26.8 Å². The molecule has 0 fully saturated rings. The van der Waals surface area contributed by atoms with Crippen molar-refractivity contribution < 1.29 is 4.79 Å². The molecule has 108 valence electrons. The molecule has 1 amide bonds. The number of pyridine rings is 1. The number of nitrogens with zero attached hydrogens (tertiary/aromatic N) is 3. The summed E-state index contributed by atoms with van der Waals surface area (Å²) in [5.74, 6) is 0.811. The van der Waals surface area contributed by atoms with Crippen LogP contribution >= 0.6 is 15.9 Å². The molecule has 0 aliphatic carbocycles. The topological polar surface area (TPSA) is 71.3 Å². The van der Waals surface area contributed by atoms with Crippen molar-refractivity contribution >= 4 is 33.4 Å². The Morgan fingerprint density at radius 1 is 1.40 bits per heavy atom. The number of hydrogen-bond donors (Lipinski definition) is 2. The predicted octanol–water partition coefficient (Wildman–Crippen LogP) is 2.06. The Labute approximate surface area is 126 Å². The third-order valence-corrected chi connectivity index (χ3v) is 3.19. The molecular weight excluding hydrogens is 322 g/mol. The second kappa shape index (κ2) is 6.21. The summed E-state index contributed by atoms with van der Waals surface area (Å²) in [5.41, 5.74) is 0.727. The van der Waals surface area contributed by atoms with Crippen molar-refractivity contribution in [1.82, 2.24) is 19.9 Å². The standard InChI is InChI=1S/C13H18BrN5O/c1-8(2)6-15-12(20)9(3)16-13-17-11-5-4-10(14)7-19(11)18-13/h4-5,7-9H,6H2,1-3H3,(H,15,20)(H,16,18). The van der Waals surface area contributed by atoms with Gasteiger partial charge in [-0.15, -0.1) is 5.10 Å². The van der Waals surface area contributed by atoms with Gasteiger partial charge < -0.3 is 10.6 Å². The molecule has 0 radical (unpaired) electrons. The summed E-state index contributed by atoms with van der Waals surface area (Å²) in [6.45, 7) is 6.56. The van der Waals surface area contributed by atoms with Crippen LogP contribution in [0.15, 0.2) is 22.8 Å². The summed E-state index contributed by atoms with van der Waals surface area (Å²) in [6.07, 6.45) is 1.82. The number of carbonyl (C=O) groups is 1. The zero-order valence-corrected chi connectivity index (χ0v) is 13.3. The highest BCUT2D eigenvalue weighted by Crippen LogP contribution is 2.12. The molecule has 0 saturated carbocycles. The molecule has 20 heavy (non-hydrogen) atoms. The largest absolute Gasteiger partial charge is 0.354 e. The number of halogens is 1. The molecule has 0 aliphatic heterocycles. The van der Waals surface area contributed by atoms with Gasteiger partial charge in [-0.25, -0.2) is 4.52 Å². The Hall–Kier alpha value is -1.63. The summed E-state index contributed by atoms with van der Waals surface area (Å²) in [7, 11) is 0. The summed E-state index contributed by atoms with van der Waals surface area (Å²) in [4.78, 5) is 16.2. The predicted molar refractivity (Wildman–Crippen MR) is 81.6 cm³/mol. The van der Waals surface area contributed by atoms with Crippen molar-refractivity contribution in [3.8, 4) is 0 Å². The van der Waals surface area contributed by atoms with Crippen molar-refractivity contribution in [1.29, 1.82) is 0 Å². The van der Waals surface area contributed by atoms with Crippen LogP contribution in [0, 0.1) is 5.92 Å². The molecule has 2 N–H and O–H groups in total. The molecule has 1 atom stereocenters. The minimum absolute atomic E-state index is 0.0567. The second-order valence-corrected chi connectivity index (χ2v) is 6.01. The molecule has 2 aromatic heterocycles. The van der Waals surface area contributed by atoms with Crippen molar-refractivity contribution in [3.05, 3.63) is 22.8 Å². The van der Waals surface area contributed by atoms with Crippen LogP contribution < -0.4 is 10.6 Å². The molecule has 0 aromatic carbocycles. The average Bonchev–Trinajstić information content (AvgIpc) is 2.76. The number of fused-ring (bicyclic) bond motifs is 1. The maximum atomic E-state index is 11.9. The minimum atomic E-state index is -0.380. The maximum absolute atomic E-state index is 11.9. The van der Waals surface area contributed by atoms with E-state index in [2.05, 4.69) is 50.5 Å². The smallest absolute Gasteiger partial charge is 0.243 e. The zero-order chi connectivity index (χ0) is 14.7. The molecule has 2 heterocycles. The average molecular weight is 340 g/mol. The van der Waals surface area contributed by atoms with Crippen LogP contribution in [-0.2, 0) is 4.79 Å². The van der Waals surface area contributed by atoms with Crippen LogP contribution in [0.1, 0.15) is 20.8 Å². The lowest BCUT2D eigenvalue weighted by Gasteiger charge is -2.13. The van der Waals surface area contributed by atoms with Crippen molar-refractivity contribution in [3.63, 3.8) is 0 Å². The van der Waals surface area contributed by atoms with Gasteiger partial charge in [-0.05, 0) is 40.9 Å². The fourth-order valence-corrected chi connectivity index (χ4v) is 1.96. The van der Waals surface area contributed by atoms with E-state index >= 15 is 0 Å². The number of rotatable bonds is 5. The minimum Gasteiger partial charge on any atom is -0.354 e. The first-order valence-corrected chi connectivity index (χ1v) is 7.31. The molecule has 2 aromatic rings. The molecule has 7 heteroatoms. The number of nitrogens with one attached hydrogen (secondary N) is 2. The monoisotopic (exact) mass is 339 g/mol. The summed E-state index contributed by atoms with van der Waals surface area (Å²) in [6, 6.07) is 3.37. The van der Waals surface area contributed by atoms with Gasteiger partial charge in [0.05, 0.1) is 0 Å². The lowest BCUT2D eigenvalue weighted by atomic mass is 10.2. The van der Waals surface area contributed by atoms with Gasteiger partial charge in [0, 0.05) is 17.2 Å². The van der Waals surface area contributed by atoms with Gasteiger partial charge in [0.2, 0.25) is 11.9 Å². The van der Waals surface area contributed by atoms with Crippen LogP contribution in [0.3, 0.4) is 0 Å². The Bertz CT molecular complexity index is 610. The lowest BCUT2D eigenvalue weighted by molar-refractivity contribution is -0.121. The Kier molecular flexibility index (Phi) is 4.59. The number of hydrogen-bond acceptors (Lipinski definition) is 4. The normalized spacial score (nSPS) is 12.7. The van der Waals surface area contributed by atoms with Gasteiger partial charge in [0.25, 0.3) is 0 Å². The van der Waals surface area contributed by atoms with E-state index in [0.717, 1.165) is 10.1 Å². The van der Waals surface area contributed by atoms with Crippen molar-refractivity contribution in [2.75, 3.05) is 11.9 Å². The van der Waals surface area contributed by atoms with E-state index in [9.17, 15) is 4.79 Å². The highest BCUT2D eigenvalue weighted by atomic mass is 79.9. The van der Waals surface area contributed by atoms with Crippen LogP contribution in [0.2, 0.25) is 0 Å². The highest BCUT2D eigenvalue weighted by molar-refractivity contribution is 9.10. The van der Waals surface area contributed by atoms with Gasteiger partial charge in [-0.2, -0.15) is 4.98 Å². The number of amides is 1. The molecule has 0 spiro atoms. The van der Waals surface area contributed by atoms with Gasteiger partial charge in [0.1, 0.15) is 6.04 Å². The van der Waals surface area contributed by atoms with Crippen molar-refractivity contribution in [2.24, 2.45) is 5.92 Å². The molecule has 1 unspecified atom stereocenters. The van der Waals surface area contributed by atoms with E-state index in [-0.39, 0.29) is 11.9 Å². The third kappa shape index (κ3) is 3.69. The second-order valence-electron chi connectivity index (χ2n) is 5.09. The fourth-order valence-electron chi connectivity index (χ4n) is 1.64. The molecule has 0 saturated heterocycles. The fraction of sp³-hybridized carbons (Fsp3) is 0.462. The molecule has 6 nitrogen and oxygen atoms in total. The summed E-state index contributed by atoms with van der Waals surface area (Å²) in [5, 5.41) is 10.2. The summed E-state index contributed by atoms with van der Waals surface area (Å²) >= 11 is 3.38. The van der Waals surface area contributed by atoms with Gasteiger partial charge in [0.15, 0.2) is 5.65 Å². The van der Waals surface area contributed by atoms with E-state index in [1.807, 2.05) is 18.3 Å². The highest BCUT2D eigenvalue weighted by Gasteiger charge is 2.15. The van der Waals surface area contributed by atoms with E-state index in [0.29, 0.717) is 18.4 Å². The Morgan fingerprint density at radius 2 is 2.15 bits per heavy atom. The number of carbonyl (C=O) groups excluding carboxylic acids is 1. The van der Waals surface area contributed by atoms with Crippen LogP contribution in [0.5, 0.6) is 0 Å². The zero-order valence-electron chi connectivity index (χ0n) is 11.7.